The molecule has 2 fully saturated rings. The van der Waals surface area contributed by atoms with Crippen molar-refractivity contribution >= 4 is 23.2 Å². The summed E-state index contributed by atoms with van der Waals surface area (Å²) in [6.45, 7) is 5.88. The highest BCUT2D eigenvalue weighted by Gasteiger charge is 2.25. The molecule has 136 valence electrons. The Morgan fingerprint density at radius 3 is 2.42 bits per heavy atom. The minimum atomic E-state index is 0.0741. The summed E-state index contributed by atoms with van der Waals surface area (Å²) in [4.78, 5) is 16.6. The summed E-state index contributed by atoms with van der Waals surface area (Å²) in [6.07, 6.45) is 3.13. The van der Waals surface area contributed by atoms with Gasteiger partial charge in [-0.3, -0.25) is 4.79 Å². The number of nitrogens with zero attached hydrogens (tertiary/aromatic N) is 4. The molecule has 0 atom stereocenters. The lowest BCUT2D eigenvalue weighted by Crippen LogP contribution is -2.46. The van der Waals surface area contributed by atoms with Gasteiger partial charge in [0.25, 0.3) is 0 Å². The normalized spacial score (nSPS) is 17.7. The van der Waals surface area contributed by atoms with Crippen LogP contribution in [0.15, 0.2) is 36.4 Å². The van der Waals surface area contributed by atoms with Crippen molar-refractivity contribution in [2.45, 2.75) is 26.2 Å². The maximum Gasteiger partial charge on any atom is 0.228 e. The molecule has 1 aromatic carbocycles. The van der Waals surface area contributed by atoms with Gasteiger partial charge in [0.1, 0.15) is 0 Å². The lowest BCUT2D eigenvalue weighted by Gasteiger charge is -2.36. The van der Waals surface area contributed by atoms with Crippen molar-refractivity contribution in [1.82, 2.24) is 10.2 Å². The number of aromatic nitrogens is 2. The molecule has 2 aliphatic rings. The first-order valence-electron chi connectivity index (χ1n) is 9.40. The third-order valence-electron chi connectivity index (χ3n) is 5.35. The van der Waals surface area contributed by atoms with E-state index in [-0.39, 0.29) is 11.8 Å². The molecule has 1 aliphatic heterocycles. The zero-order valence-electron chi connectivity index (χ0n) is 15.2. The van der Waals surface area contributed by atoms with Gasteiger partial charge in [0.2, 0.25) is 5.91 Å². The van der Waals surface area contributed by atoms with Crippen molar-refractivity contribution in [2.75, 3.05) is 41.3 Å². The van der Waals surface area contributed by atoms with Crippen molar-refractivity contribution in [1.29, 1.82) is 0 Å². The Hall–Kier alpha value is -2.63. The van der Waals surface area contributed by atoms with Crippen LogP contribution in [0.2, 0.25) is 0 Å². The van der Waals surface area contributed by atoms with Gasteiger partial charge in [-0.2, -0.15) is 0 Å². The predicted molar refractivity (Wildman–Crippen MR) is 104 cm³/mol. The van der Waals surface area contributed by atoms with Gasteiger partial charge in [0.15, 0.2) is 11.6 Å². The summed E-state index contributed by atoms with van der Waals surface area (Å²) in [5.74, 6) is 1.65. The Morgan fingerprint density at radius 1 is 1.04 bits per heavy atom. The van der Waals surface area contributed by atoms with Crippen LogP contribution >= 0.6 is 0 Å². The standard InChI is InChI=1S/C20H25N5O/c1-15-4-2-7-17(14-15)24-10-12-25(13-11-24)19-9-8-18(22-23-19)21-20(26)16-5-3-6-16/h2,4,7-9,14,16H,3,5-6,10-13H2,1H3,(H,21,22,26). The zero-order valence-corrected chi connectivity index (χ0v) is 15.2. The predicted octanol–water partition coefficient (Wildman–Crippen LogP) is 2.85. The number of amides is 1. The molecule has 0 unspecified atom stereocenters. The summed E-state index contributed by atoms with van der Waals surface area (Å²) in [5.41, 5.74) is 2.57. The summed E-state index contributed by atoms with van der Waals surface area (Å²) in [7, 11) is 0. The smallest absolute Gasteiger partial charge is 0.228 e. The lowest BCUT2D eigenvalue weighted by atomic mass is 9.85. The van der Waals surface area contributed by atoms with Crippen LogP contribution in [0.4, 0.5) is 17.3 Å². The van der Waals surface area contributed by atoms with Crippen molar-refractivity contribution < 1.29 is 4.79 Å². The third-order valence-corrected chi connectivity index (χ3v) is 5.35. The molecule has 0 radical (unpaired) electrons. The molecular formula is C20H25N5O. The highest BCUT2D eigenvalue weighted by molar-refractivity contribution is 5.92. The number of anilines is 3. The van der Waals surface area contributed by atoms with E-state index >= 15 is 0 Å². The second-order valence-electron chi connectivity index (χ2n) is 7.21. The summed E-state index contributed by atoms with van der Waals surface area (Å²) >= 11 is 0. The minimum absolute atomic E-state index is 0.0741. The molecule has 6 nitrogen and oxygen atoms in total. The second kappa shape index (κ2) is 7.32. The van der Waals surface area contributed by atoms with Crippen LogP contribution in [0, 0.1) is 12.8 Å². The quantitative estimate of drug-likeness (QED) is 0.918. The van der Waals surface area contributed by atoms with Crippen LogP contribution in [-0.2, 0) is 4.79 Å². The largest absolute Gasteiger partial charge is 0.368 e. The molecule has 1 aromatic heterocycles. The van der Waals surface area contributed by atoms with Crippen LogP contribution in [0.1, 0.15) is 24.8 Å². The van der Waals surface area contributed by atoms with Gasteiger partial charge in [-0.25, -0.2) is 0 Å². The Balaban J connectivity index is 1.33. The third kappa shape index (κ3) is 3.64. The molecule has 1 aliphatic carbocycles. The maximum absolute atomic E-state index is 12.0. The average molecular weight is 351 g/mol. The Morgan fingerprint density at radius 2 is 1.81 bits per heavy atom. The van der Waals surface area contributed by atoms with Crippen LogP contribution in [-0.4, -0.2) is 42.3 Å². The minimum Gasteiger partial charge on any atom is -0.368 e. The van der Waals surface area contributed by atoms with Crippen molar-refractivity contribution in [2.24, 2.45) is 5.92 Å². The summed E-state index contributed by atoms with van der Waals surface area (Å²) < 4.78 is 0. The van der Waals surface area contributed by atoms with E-state index < -0.39 is 0 Å². The fourth-order valence-electron chi connectivity index (χ4n) is 3.48. The molecule has 6 heteroatoms. The van der Waals surface area contributed by atoms with E-state index in [1.54, 1.807) is 0 Å². The van der Waals surface area contributed by atoms with Crippen molar-refractivity contribution in [3.8, 4) is 0 Å². The van der Waals surface area contributed by atoms with E-state index in [0.717, 1.165) is 51.3 Å². The van der Waals surface area contributed by atoms with Gasteiger partial charge < -0.3 is 15.1 Å². The number of rotatable bonds is 4. The van der Waals surface area contributed by atoms with Gasteiger partial charge in [0, 0.05) is 37.8 Å². The first-order valence-corrected chi connectivity index (χ1v) is 9.40. The van der Waals surface area contributed by atoms with Gasteiger partial charge in [-0.05, 0) is 49.6 Å². The second-order valence-corrected chi connectivity index (χ2v) is 7.21. The van der Waals surface area contributed by atoms with E-state index in [1.165, 1.54) is 11.3 Å². The van der Waals surface area contributed by atoms with Gasteiger partial charge in [-0.15, -0.1) is 10.2 Å². The molecule has 1 amide bonds. The molecule has 1 saturated heterocycles. The van der Waals surface area contributed by atoms with Crippen LogP contribution in [0.25, 0.3) is 0 Å². The number of nitrogens with one attached hydrogen (secondary N) is 1. The van der Waals surface area contributed by atoms with Crippen molar-refractivity contribution in [3.05, 3.63) is 42.0 Å². The Bertz CT molecular complexity index is 764. The van der Waals surface area contributed by atoms with Gasteiger partial charge in [0.05, 0.1) is 0 Å². The molecular weight excluding hydrogens is 326 g/mol. The average Bonchev–Trinajstić information content (AvgIpc) is 2.61. The summed E-state index contributed by atoms with van der Waals surface area (Å²) in [6, 6.07) is 12.4. The van der Waals surface area contributed by atoms with Crippen LogP contribution in [0.5, 0.6) is 0 Å². The molecule has 4 rings (SSSR count). The van der Waals surface area contributed by atoms with Gasteiger partial charge in [-0.1, -0.05) is 18.6 Å². The number of benzene rings is 1. The molecule has 26 heavy (non-hydrogen) atoms. The molecule has 0 bridgehead atoms. The van der Waals surface area contributed by atoms with E-state index in [2.05, 4.69) is 56.5 Å². The number of carbonyl (C=O) groups excluding carboxylic acids is 1. The van der Waals surface area contributed by atoms with E-state index in [9.17, 15) is 4.79 Å². The number of hydrogen-bond acceptors (Lipinski definition) is 5. The first-order chi connectivity index (χ1) is 12.7. The number of piperazine rings is 1. The fraction of sp³-hybridized carbons (Fsp3) is 0.450. The highest BCUT2D eigenvalue weighted by Crippen LogP contribution is 2.27. The monoisotopic (exact) mass is 351 g/mol. The Kier molecular flexibility index (Phi) is 4.73. The topological polar surface area (TPSA) is 61.4 Å². The number of hydrogen-bond donors (Lipinski definition) is 1. The zero-order chi connectivity index (χ0) is 17.9. The molecule has 2 aromatic rings. The fourth-order valence-corrected chi connectivity index (χ4v) is 3.48. The van der Waals surface area contributed by atoms with Crippen LogP contribution in [0.3, 0.4) is 0 Å². The summed E-state index contributed by atoms with van der Waals surface area (Å²) in [5, 5.41) is 11.4. The van der Waals surface area contributed by atoms with Gasteiger partial charge >= 0.3 is 0 Å². The lowest BCUT2D eigenvalue weighted by molar-refractivity contribution is -0.122. The van der Waals surface area contributed by atoms with E-state index in [1.807, 2.05) is 12.1 Å². The number of aryl methyl sites for hydroxylation is 1. The molecule has 0 spiro atoms. The highest BCUT2D eigenvalue weighted by atomic mass is 16.2. The Labute approximate surface area is 154 Å². The van der Waals surface area contributed by atoms with E-state index in [4.69, 9.17) is 0 Å². The molecule has 1 N–H and O–H groups in total. The number of carbonyl (C=O) groups is 1. The van der Waals surface area contributed by atoms with Crippen molar-refractivity contribution in [3.63, 3.8) is 0 Å². The first kappa shape index (κ1) is 16.8. The molecule has 1 saturated carbocycles. The van der Waals surface area contributed by atoms with Crippen LogP contribution < -0.4 is 15.1 Å². The maximum atomic E-state index is 12.0. The SMILES string of the molecule is Cc1cccc(N2CCN(c3ccc(NC(=O)C4CCC4)nn3)CC2)c1. The molecule has 2 heterocycles. The van der Waals surface area contributed by atoms with E-state index in [0.29, 0.717) is 5.82 Å².